The summed E-state index contributed by atoms with van der Waals surface area (Å²) in [4.78, 5) is 10.4. The first kappa shape index (κ1) is 26.7. The fourth-order valence-corrected chi connectivity index (χ4v) is 4.01. The number of alkyl halides is 3. The molecule has 0 unspecified atom stereocenters. The Kier molecular flexibility index (Phi) is 7.72. The highest BCUT2D eigenvalue weighted by Crippen LogP contribution is 2.35. The van der Waals surface area contributed by atoms with Crippen LogP contribution in [0.4, 0.5) is 24.5 Å². The normalized spacial score (nSPS) is 11.6. The van der Waals surface area contributed by atoms with E-state index in [2.05, 4.69) is 10.5 Å². The number of ether oxygens (including phenoxy) is 1. The molecule has 4 aromatic rings. The van der Waals surface area contributed by atoms with Gasteiger partial charge in [0.05, 0.1) is 16.7 Å². The summed E-state index contributed by atoms with van der Waals surface area (Å²) in [6.45, 7) is 4.21. The number of aryl methyl sites for hydroxylation is 1. The van der Waals surface area contributed by atoms with Gasteiger partial charge in [0, 0.05) is 33.7 Å². The number of hydrogen-bond donors (Lipinski definition) is 1. The number of benzene rings is 3. The Hall–Kier alpha value is -4.31. The van der Waals surface area contributed by atoms with Gasteiger partial charge in [-0.05, 0) is 74.0 Å². The van der Waals surface area contributed by atoms with E-state index in [9.17, 15) is 23.3 Å². The van der Waals surface area contributed by atoms with Gasteiger partial charge in [-0.2, -0.15) is 18.3 Å². The van der Waals surface area contributed by atoms with Crippen LogP contribution in [0, 0.1) is 24.0 Å². The van der Waals surface area contributed by atoms with E-state index in [1.807, 2.05) is 73.0 Å². The highest BCUT2D eigenvalue weighted by molar-refractivity contribution is 6.30. The summed E-state index contributed by atoms with van der Waals surface area (Å²) in [6, 6.07) is 19.1. The minimum atomic E-state index is -4.69. The molecule has 11 heteroatoms. The number of halogens is 4. The third-order valence-corrected chi connectivity index (χ3v) is 6.05. The van der Waals surface area contributed by atoms with Crippen LogP contribution in [-0.4, -0.2) is 15.7 Å². The zero-order chi connectivity index (χ0) is 27.4. The second-order valence-electron chi connectivity index (χ2n) is 8.43. The van der Waals surface area contributed by atoms with E-state index in [4.69, 9.17) is 16.3 Å². The molecule has 0 aliphatic rings. The monoisotopic (exact) mass is 542 g/mol. The van der Waals surface area contributed by atoms with Gasteiger partial charge in [0.15, 0.2) is 0 Å². The van der Waals surface area contributed by atoms with Crippen LogP contribution in [-0.2, 0) is 12.8 Å². The third kappa shape index (κ3) is 6.15. The van der Waals surface area contributed by atoms with E-state index in [1.165, 1.54) is 6.21 Å². The van der Waals surface area contributed by atoms with Crippen molar-refractivity contribution < 1.29 is 22.8 Å². The molecule has 1 heterocycles. The minimum absolute atomic E-state index is 0.151. The van der Waals surface area contributed by atoms with Crippen molar-refractivity contribution in [2.75, 3.05) is 5.43 Å². The molecule has 0 radical (unpaired) electrons. The Balaban J connectivity index is 1.47. The summed E-state index contributed by atoms with van der Waals surface area (Å²) in [5.74, 6) is 0.704. The van der Waals surface area contributed by atoms with Crippen LogP contribution in [0.1, 0.15) is 28.1 Å². The molecule has 0 saturated carbocycles. The quantitative estimate of drug-likeness (QED) is 0.140. The Morgan fingerprint density at radius 2 is 1.74 bits per heavy atom. The average Bonchev–Trinajstić information content (AvgIpc) is 3.16. The first-order valence-electron chi connectivity index (χ1n) is 11.3. The van der Waals surface area contributed by atoms with Gasteiger partial charge in [0.2, 0.25) is 0 Å². The van der Waals surface area contributed by atoms with Crippen LogP contribution in [0.2, 0.25) is 5.02 Å². The van der Waals surface area contributed by atoms with E-state index in [0.717, 1.165) is 40.3 Å². The summed E-state index contributed by atoms with van der Waals surface area (Å²) in [6.07, 6.45) is -3.23. The van der Waals surface area contributed by atoms with Crippen LogP contribution in [0.25, 0.3) is 5.69 Å². The standard InChI is InChI=1S/C27H22ClF3N4O3/c1-17-13-20(15-32-33-25-12-5-21(27(29,30)31)14-26(25)35(36)37)18(2)34(17)23-8-10-24(11-9-23)38-16-19-3-6-22(28)7-4-19/h3-15,33H,16H2,1-2H3/b32-15-. The van der Waals surface area contributed by atoms with Crippen LogP contribution in [0.5, 0.6) is 5.75 Å². The van der Waals surface area contributed by atoms with Gasteiger partial charge >= 0.3 is 6.18 Å². The zero-order valence-electron chi connectivity index (χ0n) is 20.3. The van der Waals surface area contributed by atoms with Crippen molar-refractivity contribution in [3.63, 3.8) is 0 Å². The molecule has 38 heavy (non-hydrogen) atoms. The second kappa shape index (κ2) is 11.0. The van der Waals surface area contributed by atoms with Gasteiger partial charge in [-0.15, -0.1) is 0 Å². The molecule has 0 spiro atoms. The largest absolute Gasteiger partial charge is 0.489 e. The molecule has 196 valence electrons. The summed E-state index contributed by atoms with van der Waals surface area (Å²) < 4.78 is 46.6. The molecule has 0 amide bonds. The number of nitrogens with zero attached hydrogens (tertiary/aromatic N) is 3. The van der Waals surface area contributed by atoms with E-state index < -0.39 is 22.4 Å². The lowest BCUT2D eigenvalue weighted by atomic mass is 10.1. The fraction of sp³-hybridized carbons (Fsp3) is 0.148. The van der Waals surface area contributed by atoms with E-state index in [0.29, 0.717) is 23.4 Å². The van der Waals surface area contributed by atoms with Crippen molar-refractivity contribution in [1.82, 2.24) is 4.57 Å². The molecule has 1 N–H and O–H groups in total. The molecule has 0 aliphatic carbocycles. The Morgan fingerprint density at radius 3 is 2.37 bits per heavy atom. The number of nitro groups is 1. The number of hydrogen-bond acceptors (Lipinski definition) is 5. The van der Waals surface area contributed by atoms with Crippen molar-refractivity contribution >= 4 is 29.2 Å². The van der Waals surface area contributed by atoms with Crippen LogP contribution >= 0.6 is 11.6 Å². The number of nitrogens with one attached hydrogen (secondary N) is 1. The summed E-state index contributed by atoms with van der Waals surface area (Å²) in [5, 5.41) is 16.0. The summed E-state index contributed by atoms with van der Waals surface area (Å²) in [7, 11) is 0. The van der Waals surface area contributed by atoms with Crippen LogP contribution in [0.3, 0.4) is 0 Å². The average molecular weight is 543 g/mol. The maximum atomic E-state index is 12.9. The van der Waals surface area contributed by atoms with Crippen molar-refractivity contribution in [2.45, 2.75) is 26.6 Å². The van der Waals surface area contributed by atoms with Crippen molar-refractivity contribution in [2.24, 2.45) is 5.10 Å². The number of rotatable bonds is 8. The van der Waals surface area contributed by atoms with Gasteiger partial charge in [0.25, 0.3) is 5.69 Å². The first-order valence-corrected chi connectivity index (χ1v) is 11.7. The molecule has 4 rings (SSSR count). The van der Waals surface area contributed by atoms with E-state index in [-0.39, 0.29) is 5.69 Å². The molecule has 7 nitrogen and oxygen atoms in total. The zero-order valence-corrected chi connectivity index (χ0v) is 21.0. The van der Waals surface area contributed by atoms with Gasteiger partial charge in [-0.1, -0.05) is 23.7 Å². The summed E-state index contributed by atoms with van der Waals surface area (Å²) >= 11 is 5.91. The highest BCUT2D eigenvalue weighted by atomic mass is 35.5. The molecule has 0 fully saturated rings. The predicted molar refractivity (Wildman–Crippen MR) is 140 cm³/mol. The highest BCUT2D eigenvalue weighted by Gasteiger charge is 2.33. The molecule has 3 aromatic carbocycles. The van der Waals surface area contributed by atoms with E-state index >= 15 is 0 Å². The lowest BCUT2D eigenvalue weighted by Crippen LogP contribution is -2.06. The van der Waals surface area contributed by atoms with Crippen molar-refractivity contribution in [1.29, 1.82) is 0 Å². The van der Waals surface area contributed by atoms with Crippen molar-refractivity contribution in [3.05, 3.63) is 116 Å². The predicted octanol–water partition coefficient (Wildman–Crippen LogP) is 7.70. The lowest BCUT2D eigenvalue weighted by Gasteiger charge is -2.11. The topological polar surface area (TPSA) is 81.7 Å². The maximum absolute atomic E-state index is 12.9. The second-order valence-corrected chi connectivity index (χ2v) is 8.86. The number of aromatic nitrogens is 1. The van der Waals surface area contributed by atoms with Gasteiger partial charge < -0.3 is 9.30 Å². The van der Waals surface area contributed by atoms with Crippen molar-refractivity contribution in [3.8, 4) is 11.4 Å². The molecule has 0 bridgehead atoms. The number of anilines is 1. The molecule has 0 aliphatic heterocycles. The van der Waals surface area contributed by atoms with Gasteiger partial charge in [-0.3, -0.25) is 15.5 Å². The molecular formula is C27H22ClF3N4O3. The van der Waals surface area contributed by atoms with Gasteiger partial charge in [-0.25, -0.2) is 0 Å². The Labute approximate surface area is 221 Å². The molecular weight excluding hydrogens is 521 g/mol. The molecule has 0 saturated heterocycles. The molecule has 0 atom stereocenters. The van der Waals surface area contributed by atoms with Crippen LogP contribution in [0.15, 0.2) is 77.9 Å². The molecule has 1 aromatic heterocycles. The summed E-state index contributed by atoms with van der Waals surface area (Å²) in [5.41, 5.74) is 4.89. The van der Waals surface area contributed by atoms with Gasteiger partial charge in [0.1, 0.15) is 18.0 Å². The number of hydrazone groups is 1. The smallest absolute Gasteiger partial charge is 0.416 e. The SMILES string of the molecule is Cc1cc(/C=N\Nc2ccc(C(F)(F)F)cc2[N+](=O)[O-])c(C)n1-c1ccc(OCc2ccc(Cl)cc2)cc1. The fourth-order valence-electron chi connectivity index (χ4n) is 3.88. The minimum Gasteiger partial charge on any atom is -0.489 e. The first-order chi connectivity index (χ1) is 18.0. The Bertz CT molecular complexity index is 1480. The maximum Gasteiger partial charge on any atom is 0.416 e. The Morgan fingerprint density at radius 1 is 1.05 bits per heavy atom. The van der Waals surface area contributed by atoms with E-state index in [1.54, 1.807) is 0 Å². The third-order valence-electron chi connectivity index (χ3n) is 5.79. The van der Waals surface area contributed by atoms with Crippen LogP contribution < -0.4 is 10.2 Å². The number of nitro benzene ring substituents is 1. The lowest BCUT2D eigenvalue weighted by molar-refractivity contribution is -0.384.